The Morgan fingerprint density at radius 1 is 1.27 bits per heavy atom. The third-order valence-corrected chi connectivity index (χ3v) is 2.27. The van der Waals surface area contributed by atoms with Crippen molar-refractivity contribution in [1.82, 2.24) is 9.78 Å². The number of rotatable bonds is 2. The highest BCUT2D eigenvalue weighted by Crippen LogP contribution is 2.02. The highest BCUT2D eigenvalue weighted by atomic mass is 16.1. The lowest BCUT2D eigenvalue weighted by Crippen LogP contribution is -2.20. The van der Waals surface area contributed by atoms with E-state index >= 15 is 0 Å². The van der Waals surface area contributed by atoms with E-state index in [1.54, 1.807) is 12.3 Å². The number of aryl methyl sites for hydroxylation is 1. The van der Waals surface area contributed by atoms with E-state index in [0.717, 1.165) is 17.7 Å². The maximum absolute atomic E-state index is 11.7. The summed E-state index contributed by atoms with van der Waals surface area (Å²) in [6.45, 7) is 2.00. The van der Waals surface area contributed by atoms with Gasteiger partial charge in [0.1, 0.15) is 0 Å². The molecule has 15 heavy (non-hydrogen) atoms. The second-order valence-corrected chi connectivity index (χ2v) is 3.30. The fraction of sp³-hybridized carbons (Fsp3) is 0.167. The Balaban J connectivity index is 2.51. The van der Waals surface area contributed by atoms with Gasteiger partial charge in [-0.05, 0) is 24.1 Å². The maximum atomic E-state index is 11.7. The molecule has 0 aliphatic rings. The van der Waals surface area contributed by atoms with Crippen LogP contribution in [0.25, 0.3) is 5.69 Å². The third-order valence-electron chi connectivity index (χ3n) is 2.27. The van der Waals surface area contributed by atoms with Crippen molar-refractivity contribution in [3.8, 4) is 5.69 Å². The van der Waals surface area contributed by atoms with Gasteiger partial charge in [-0.1, -0.05) is 25.1 Å². The number of para-hydroxylation sites is 1. The predicted octanol–water partition coefficient (Wildman–Crippen LogP) is 1.79. The Bertz CT molecular complexity index is 503. The smallest absolute Gasteiger partial charge is 0.267 e. The van der Waals surface area contributed by atoms with Crippen LogP contribution < -0.4 is 5.56 Å². The predicted molar refractivity (Wildman–Crippen MR) is 59.2 cm³/mol. The van der Waals surface area contributed by atoms with Gasteiger partial charge in [-0.25, -0.2) is 0 Å². The Hall–Kier alpha value is -1.90. The summed E-state index contributed by atoms with van der Waals surface area (Å²) in [7, 11) is 0. The average Bonchev–Trinajstić information content (AvgIpc) is 2.30. The lowest BCUT2D eigenvalue weighted by Gasteiger charge is -2.03. The van der Waals surface area contributed by atoms with E-state index in [9.17, 15) is 4.79 Å². The van der Waals surface area contributed by atoms with Gasteiger partial charge in [0.2, 0.25) is 0 Å². The molecular weight excluding hydrogens is 188 g/mol. The largest absolute Gasteiger partial charge is 0.271 e. The van der Waals surface area contributed by atoms with Gasteiger partial charge in [0.05, 0.1) is 11.9 Å². The molecule has 2 rings (SSSR count). The number of aromatic nitrogens is 2. The summed E-state index contributed by atoms with van der Waals surface area (Å²) in [6, 6.07) is 11.0. The van der Waals surface area contributed by atoms with Crippen LogP contribution in [0, 0.1) is 0 Å². The third kappa shape index (κ3) is 1.96. The van der Waals surface area contributed by atoms with Crippen LogP contribution in [0.5, 0.6) is 0 Å². The standard InChI is InChI=1S/C12H12N2O/c1-2-10-8-12(15)14(13-9-10)11-6-4-3-5-7-11/h3-9H,2H2,1H3. The van der Waals surface area contributed by atoms with Crippen LogP contribution in [0.2, 0.25) is 0 Å². The zero-order valence-electron chi connectivity index (χ0n) is 8.55. The average molecular weight is 200 g/mol. The van der Waals surface area contributed by atoms with Crippen LogP contribution in [-0.2, 0) is 6.42 Å². The molecule has 2 aromatic rings. The van der Waals surface area contributed by atoms with Crippen molar-refractivity contribution in [2.45, 2.75) is 13.3 Å². The molecule has 0 fully saturated rings. The molecule has 1 heterocycles. The number of nitrogens with zero attached hydrogens (tertiary/aromatic N) is 2. The van der Waals surface area contributed by atoms with Crippen molar-refractivity contribution < 1.29 is 0 Å². The molecular formula is C12H12N2O. The van der Waals surface area contributed by atoms with E-state index in [4.69, 9.17) is 0 Å². The molecule has 0 unspecified atom stereocenters. The van der Waals surface area contributed by atoms with Gasteiger partial charge in [-0.2, -0.15) is 9.78 Å². The first-order valence-corrected chi connectivity index (χ1v) is 4.95. The zero-order valence-corrected chi connectivity index (χ0v) is 8.55. The Kier molecular flexibility index (Phi) is 2.63. The highest BCUT2D eigenvalue weighted by molar-refractivity contribution is 5.30. The van der Waals surface area contributed by atoms with Crippen molar-refractivity contribution in [2.75, 3.05) is 0 Å². The van der Waals surface area contributed by atoms with E-state index in [1.807, 2.05) is 37.3 Å². The number of benzene rings is 1. The van der Waals surface area contributed by atoms with Gasteiger partial charge in [0, 0.05) is 6.07 Å². The molecule has 3 nitrogen and oxygen atoms in total. The molecule has 0 bridgehead atoms. The van der Waals surface area contributed by atoms with E-state index < -0.39 is 0 Å². The van der Waals surface area contributed by atoms with E-state index in [0.29, 0.717) is 0 Å². The number of hydrogen-bond donors (Lipinski definition) is 0. The van der Waals surface area contributed by atoms with Crippen molar-refractivity contribution in [3.63, 3.8) is 0 Å². The Labute approximate surface area is 88.0 Å². The molecule has 1 aromatic carbocycles. The summed E-state index contributed by atoms with van der Waals surface area (Å²) in [5.41, 5.74) is 1.68. The van der Waals surface area contributed by atoms with Gasteiger partial charge < -0.3 is 0 Å². The first kappa shape index (κ1) is 9.65. The van der Waals surface area contributed by atoms with Gasteiger partial charge in [0.25, 0.3) is 5.56 Å². The zero-order chi connectivity index (χ0) is 10.7. The molecule has 0 aliphatic carbocycles. The molecule has 1 aromatic heterocycles. The Morgan fingerprint density at radius 2 is 2.00 bits per heavy atom. The van der Waals surface area contributed by atoms with Crippen molar-refractivity contribution in [1.29, 1.82) is 0 Å². The molecule has 0 amide bonds. The summed E-state index contributed by atoms with van der Waals surface area (Å²) >= 11 is 0. The summed E-state index contributed by atoms with van der Waals surface area (Å²) < 4.78 is 1.40. The van der Waals surface area contributed by atoms with Crippen LogP contribution in [0.3, 0.4) is 0 Å². The van der Waals surface area contributed by atoms with Crippen LogP contribution in [0.4, 0.5) is 0 Å². The second-order valence-electron chi connectivity index (χ2n) is 3.30. The van der Waals surface area contributed by atoms with Crippen molar-refractivity contribution in [2.24, 2.45) is 0 Å². The maximum Gasteiger partial charge on any atom is 0.271 e. The van der Waals surface area contributed by atoms with Gasteiger partial charge in [-0.3, -0.25) is 4.79 Å². The van der Waals surface area contributed by atoms with Gasteiger partial charge in [0.15, 0.2) is 0 Å². The minimum absolute atomic E-state index is 0.0828. The first-order valence-electron chi connectivity index (χ1n) is 4.95. The topological polar surface area (TPSA) is 34.9 Å². The number of hydrogen-bond acceptors (Lipinski definition) is 2. The molecule has 0 atom stereocenters. The minimum atomic E-state index is -0.0828. The van der Waals surface area contributed by atoms with E-state index in [-0.39, 0.29) is 5.56 Å². The van der Waals surface area contributed by atoms with Crippen molar-refractivity contribution >= 4 is 0 Å². The molecule has 76 valence electrons. The quantitative estimate of drug-likeness (QED) is 0.740. The highest BCUT2D eigenvalue weighted by Gasteiger charge is 2.00. The lowest BCUT2D eigenvalue weighted by molar-refractivity contribution is 0.794. The van der Waals surface area contributed by atoms with Crippen LogP contribution in [-0.4, -0.2) is 9.78 Å². The Morgan fingerprint density at radius 3 is 2.60 bits per heavy atom. The van der Waals surface area contributed by atoms with Crippen LogP contribution in [0.15, 0.2) is 47.4 Å². The lowest BCUT2D eigenvalue weighted by atomic mass is 10.2. The monoisotopic (exact) mass is 200 g/mol. The molecule has 0 aliphatic heterocycles. The van der Waals surface area contributed by atoms with E-state index in [1.165, 1.54) is 4.68 Å². The van der Waals surface area contributed by atoms with Gasteiger partial charge in [-0.15, -0.1) is 0 Å². The SMILES string of the molecule is CCc1cnn(-c2ccccc2)c(=O)c1. The van der Waals surface area contributed by atoms with Crippen LogP contribution >= 0.6 is 0 Å². The van der Waals surface area contributed by atoms with E-state index in [2.05, 4.69) is 5.10 Å². The summed E-state index contributed by atoms with van der Waals surface area (Å²) in [4.78, 5) is 11.7. The summed E-state index contributed by atoms with van der Waals surface area (Å²) in [5.74, 6) is 0. The molecule has 3 heteroatoms. The molecule has 0 N–H and O–H groups in total. The minimum Gasteiger partial charge on any atom is -0.267 e. The first-order chi connectivity index (χ1) is 7.31. The molecule has 0 spiro atoms. The molecule has 0 saturated heterocycles. The normalized spacial score (nSPS) is 10.2. The second kappa shape index (κ2) is 4.09. The van der Waals surface area contributed by atoms with Crippen LogP contribution in [0.1, 0.15) is 12.5 Å². The van der Waals surface area contributed by atoms with Crippen molar-refractivity contribution in [3.05, 3.63) is 58.5 Å². The fourth-order valence-electron chi connectivity index (χ4n) is 1.40. The summed E-state index contributed by atoms with van der Waals surface area (Å²) in [5, 5.41) is 4.12. The molecule has 0 saturated carbocycles. The van der Waals surface area contributed by atoms with Gasteiger partial charge >= 0.3 is 0 Å². The summed E-state index contributed by atoms with van der Waals surface area (Å²) in [6.07, 6.45) is 2.56. The molecule has 0 radical (unpaired) electrons. The fourth-order valence-corrected chi connectivity index (χ4v) is 1.40.